The zero-order chi connectivity index (χ0) is 30.6. The number of amides is 2. The van der Waals surface area contributed by atoms with Crippen molar-refractivity contribution in [3.8, 4) is 5.75 Å². The first-order valence-electron chi connectivity index (χ1n) is 15.3. The Morgan fingerprint density at radius 1 is 0.773 bits per heavy atom. The van der Waals surface area contributed by atoms with Crippen LogP contribution in [-0.2, 0) is 16.0 Å². The molecule has 0 unspecified atom stereocenters. The number of piperazine rings is 1. The Balaban J connectivity index is 1.21. The van der Waals surface area contributed by atoms with Crippen LogP contribution in [0.1, 0.15) is 28.2 Å². The van der Waals surface area contributed by atoms with E-state index < -0.39 is 0 Å². The van der Waals surface area contributed by atoms with Crippen LogP contribution < -0.4 is 4.74 Å². The molecule has 1 heterocycles. The third-order valence-corrected chi connectivity index (χ3v) is 8.20. The van der Waals surface area contributed by atoms with Crippen LogP contribution >= 0.6 is 0 Å². The lowest BCUT2D eigenvalue weighted by atomic mass is 9.90. The van der Waals surface area contributed by atoms with Crippen LogP contribution in [0.2, 0.25) is 0 Å². The van der Waals surface area contributed by atoms with Crippen LogP contribution in [0.25, 0.3) is 6.08 Å². The van der Waals surface area contributed by atoms with Gasteiger partial charge in [0.1, 0.15) is 5.75 Å². The van der Waals surface area contributed by atoms with E-state index in [-0.39, 0.29) is 17.7 Å². The minimum absolute atomic E-state index is 0.100. The van der Waals surface area contributed by atoms with Crippen molar-refractivity contribution in [3.63, 3.8) is 0 Å². The lowest BCUT2D eigenvalue weighted by Crippen LogP contribution is -2.51. The van der Waals surface area contributed by atoms with Gasteiger partial charge in [-0.3, -0.25) is 14.5 Å². The van der Waals surface area contributed by atoms with Gasteiger partial charge in [-0.25, -0.2) is 0 Å². The third kappa shape index (κ3) is 8.23. The largest absolute Gasteiger partial charge is 0.496 e. The Morgan fingerprint density at radius 3 is 1.95 bits per heavy atom. The number of ether oxygens (including phenoxy) is 1. The first-order chi connectivity index (χ1) is 21.6. The van der Waals surface area contributed by atoms with Crippen LogP contribution in [-0.4, -0.2) is 79.4 Å². The summed E-state index contributed by atoms with van der Waals surface area (Å²) < 4.78 is 5.48. The van der Waals surface area contributed by atoms with Crippen LogP contribution in [0.4, 0.5) is 0 Å². The fourth-order valence-electron chi connectivity index (χ4n) is 5.72. The minimum atomic E-state index is -0.315. The van der Waals surface area contributed by atoms with Gasteiger partial charge in [0.05, 0.1) is 19.4 Å². The maximum Gasteiger partial charge on any atom is 0.234 e. The van der Waals surface area contributed by atoms with Gasteiger partial charge >= 0.3 is 0 Å². The summed E-state index contributed by atoms with van der Waals surface area (Å²) in [6.45, 7) is 4.78. The first kappa shape index (κ1) is 30.8. The lowest BCUT2D eigenvalue weighted by molar-refractivity contribution is -0.133. The Morgan fingerprint density at radius 2 is 1.34 bits per heavy atom. The van der Waals surface area contributed by atoms with E-state index >= 15 is 0 Å². The molecule has 4 aromatic rings. The van der Waals surface area contributed by atoms with E-state index in [0.29, 0.717) is 32.6 Å². The SMILES string of the molecule is COc1ccccc1/C=C/CN(CCN1CCN(C(=O)C(c2ccccc2)c2ccccc2)CC1)C(=O)Cc1ccccc1. The highest BCUT2D eigenvalue weighted by atomic mass is 16.5. The molecule has 1 fully saturated rings. The van der Waals surface area contributed by atoms with Crippen molar-refractivity contribution < 1.29 is 14.3 Å². The molecule has 1 aliphatic heterocycles. The molecule has 0 N–H and O–H groups in total. The smallest absolute Gasteiger partial charge is 0.234 e. The normalized spacial score (nSPS) is 13.7. The Bertz CT molecular complexity index is 1460. The molecule has 0 atom stereocenters. The molecule has 0 spiro atoms. The Hall–Kier alpha value is -4.68. The van der Waals surface area contributed by atoms with Crippen molar-refractivity contribution in [3.05, 3.63) is 144 Å². The van der Waals surface area contributed by atoms with Gasteiger partial charge in [0.25, 0.3) is 0 Å². The molecule has 44 heavy (non-hydrogen) atoms. The summed E-state index contributed by atoms with van der Waals surface area (Å²) in [6.07, 6.45) is 4.42. The Labute approximate surface area is 261 Å². The number of carbonyl (C=O) groups excluding carboxylic acids is 2. The molecule has 1 aliphatic rings. The summed E-state index contributed by atoms with van der Waals surface area (Å²) >= 11 is 0. The molecular formula is C38H41N3O3. The average molecular weight is 588 g/mol. The molecule has 0 aliphatic carbocycles. The summed E-state index contributed by atoms with van der Waals surface area (Å²) in [5.41, 5.74) is 4.02. The highest BCUT2D eigenvalue weighted by molar-refractivity contribution is 5.87. The fourth-order valence-corrected chi connectivity index (χ4v) is 5.72. The van der Waals surface area contributed by atoms with E-state index in [1.807, 2.05) is 137 Å². The summed E-state index contributed by atoms with van der Waals surface area (Å²) in [7, 11) is 1.67. The van der Waals surface area contributed by atoms with Gasteiger partial charge < -0.3 is 14.5 Å². The quantitative estimate of drug-likeness (QED) is 0.212. The van der Waals surface area contributed by atoms with Gasteiger partial charge in [0.15, 0.2) is 0 Å². The second kappa shape index (κ2) is 15.7. The number of rotatable bonds is 12. The van der Waals surface area contributed by atoms with E-state index in [4.69, 9.17) is 4.74 Å². The molecular weight excluding hydrogens is 546 g/mol. The van der Waals surface area contributed by atoms with Gasteiger partial charge in [-0.1, -0.05) is 121 Å². The Kier molecular flexibility index (Phi) is 11.0. The van der Waals surface area contributed by atoms with Crippen LogP contribution in [0.5, 0.6) is 5.75 Å². The van der Waals surface area contributed by atoms with Crippen molar-refractivity contribution in [2.45, 2.75) is 12.3 Å². The van der Waals surface area contributed by atoms with Gasteiger partial charge in [-0.15, -0.1) is 0 Å². The van der Waals surface area contributed by atoms with Gasteiger partial charge in [0.2, 0.25) is 11.8 Å². The minimum Gasteiger partial charge on any atom is -0.496 e. The zero-order valence-electron chi connectivity index (χ0n) is 25.4. The summed E-state index contributed by atoms with van der Waals surface area (Å²) in [5.74, 6) is 0.733. The molecule has 4 aromatic carbocycles. The van der Waals surface area contributed by atoms with Gasteiger partial charge in [-0.05, 0) is 22.8 Å². The topological polar surface area (TPSA) is 53.1 Å². The van der Waals surface area contributed by atoms with E-state index in [1.165, 1.54) is 0 Å². The van der Waals surface area contributed by atoms with Crippen molar-refractivity contribution in [1.29, 1.82) is 0 Å². The molecule has 1 saturated heterocycles. The summed E-state index contributed by atoms with van der Waals surface area (Å²) in [6, 6.07) is 37.8. The van der Waals surface area contributed by atoms with Gasteiger partial charge in [-0.2, -0.15) is 0 Å². The van der Waals surface area contributed by atoms with Crippen molar-refractivity contribution >= 4 is 17.9 Å². The maximum absolute atomic E-state index is 13.9. The number of hydrogen-bond donors (Lipinski definition) is 0. The molecule has 6 nitrogen and oxygen atoms in total. The van der Waals surface area contributed by atoms with Crippen LogP contribution in [0.3, 0.4) is 0 Å². The zero-order valence-corrected chi connectivity index (χ0v) is 25.4. The predicted molar refractivity (Wildman–Crippen MR) is 177 cm³/mol. The number of nitrogens with zero attached hydrogens (tertiary/aromatic N) is 3. The number of para-hydroxylation sites is 1. The van der Waals surface area contributed by atoms with Gasteiger partial charge in [0, 0.05) is 51.4 Å². The second-order valence-corrected chi connectivity index (χ2v) is 11.1. The predicted octanol–water partition coefficient (Wildman–Crippen LogP) is 5.76. The molecule has 0 aromatic heterocycles. The molecule has 0 saturated carbocycles. The van der Waals surface area contributed by atoms with Crippen LogP contribution in [0.15, 0.2) is 121 Å². The van der Waals surface area contributed by atoms with Crippen LogP contribution in [0, 0.1) is 0 Å². The van der Waals surface area contributed by atoms with E-state index in [0.717, 1.165) is 47.6 Å². The van der Waals surface area contributed by atoms with E-state index in [2.05, 4.69) is 4.90 Å². The van der Waals surface area contributed by atoms with E-state index in [9.17, 15) is 9.59 Å². The lowest BCUT2D eigenvalue weighted by Gasteiger charge is -2.37. The molecule has 2 amide bonds. The molecule has 0 radical (unpaired) electrons. The molecule has 6 heteroatoms. The van der Waals surface area contributed by atoms with Crippen molar-refractivity contribution in [1.82, 2.24) is 14.7 Å². The van der Waals surface area contributed by atoms with E-state index in [1.54, 1.807) is 7.11 Å². The number of benzene rings is 4. The van der Waals surface area contributed by atoms with Crippen molar-refractivity contribution in [2.24, 2.45) is 0 Å². The number of hydrogen-bond acceptors (Lipinski definition) is 4. The summed E-state index contributed by atoms with van der Waals surface area (Å²) in [4.78, 5) is 33.6. The summed E-state index contributed by atoms with van der Waals surface area (Å²) in [5, 5.41) is 0. The highest BCUT2D eigenvalue weighted by Gasteiger charge is 2.30. The fraction of sp³-hybridized carbons (Fsp3) is 0.263. The monoisotopic (exact) mass is 587 g/mol. The first-order valence-corrected chi connectivity index (χ1v) is 15.3. The maximum atomic E-state index is 13.9. The standard InChI is InChI=1S/C38H41N3O3/c1-44-35-22-12-11-16-32(35)21-13-23-40(36(42)30-31-14-5-2-6-15-31)27-24-39-25-28-41(29-26-39)38(43)37(33-17-7-3-8-18-33)34-19-9-4-10-20-34/h2-22,37H,23-30H2,1H3/b21-13+. The highest BCUT2D eigenvalue weighted by Crippen LogP contribution is 2.27. The molecule has 226 valence electrons. The molecule has 5 rings (SSSR count). The average Bonchev–Trinajstić information content (AvgIpc) is 3.08. The third-order valence-electron chi connectivity index (χ3n) is 8.20. The van der Waals surface area contributed by atoms with Crippen molar-refractivity contribution in [2.75, 3.05) is 52.9 Å². The number of methoxy groups -OCH3 is 1. The second-order valence-electron chi connectivity index (χ2n) is 11.1. The number of carbonyl (C=O) groups is 2. The molecule has 0 bridgehead atoms.